The van der Waals surface area contributed by atoms with Crippen LogP contribution in [0.3, 0.4) is 0 Å². The summed E-state index contributed by atoms with van der Waals surface area (Å²) in [5.74, 6) is -0.480. The second kappa shape index (κ2) is 12.7. The molecule has 1 atom stereocenters. The fraction of sp³-hybridized carbons (Fsp3) is 0.375. The molecule has 0 radical (unpaired) electrons. The van der Waals surface area contributed by atoms with Gasteiger partial charge in [0, 0.05) is 36.7 Å². The van der Waals surface area contributed by atoms with E-state index >= 15 is 0 Å². The van der Waals surface area contributed by atoms with E-state index < -0.39 is 11.7 Å². The Morgan fingerprint density at radius 2 is 1.52 bits per heavy atom. The van der Waals surface area contributed by atoms with Crippen LogP contribution in [0.5, 0.6) is 0 Å². The lowest BCUT2D eigenvalue weighted by molar-refractivity contribution is -0.142. The minimum atomic E-state index is -4.42. The quantitative estimate of drug-likeness (QED) is 0.309. The number of alkyl halides is 3. The molecule has 0 saturated carbocycles. The molecular formula is C32H35F3N2O3. The molecule has 3 aromatic carbocycles. The number of ether oxygens (including phenoxy) is 1. The van der Waals surface area contributed by atoms with E-state index in [2.05, 4.69) is 29.3 Å². The molecule has 0 aromatic heterocycles. The van der Waals surface area contributed by atoms with Crippen molar-refractivity contribution in [3.8, 4) is 11.1 Å². The van der Waals surface area contributed by atoms with Crippen molar-refractivity contribution in [2.75, 3.05) is 26.7 Å². The average molecular weight is 553 g/mol. The van der Waals surface area contributed by atoms with Gasteiger partial charge in [-0.2, -0.15) is 13.2 Å². The highest BCUT2D eigenvalue weighted by Gasteiger charge is 2.36. The van der Waals surface area contributed by atoms with Crippen LogP contribution in [0.2, 0.25) is 0 Å². The maximum atomic E-state index is 13.3. The molecule has 8 heteroatoms. The van der Waals surface area contributed by atoms with Crippen LogP contribution in [0.25, 0.3) is 11.1 Å². The Labute approximate surface area is 233 Å². The lowest BCUT2D eigenvalue weighted by Crippen LogP contribution is -2.49. The van der Waals surface area contributed by atoms with E-state index in [1.165, 1.54) is 19.2 Å². The maximum absolute atomic E-state index is 13.3. The lowest BCUT2D eigenvalue weighted by Gasteiger charge is -2.41. The van der Waals surface area contributed by atoms with E-state index in [1.54, 1.807) is 24.3 Å². The Bertz CT molecular complexity index is 1290. The number of hydrogen-bond acceptors (Lipinski definition) is 4. The number of hydrogen-bond donors (Lipinski definition) is 1. The third-order valence-electron chi connectivity index (χ3n) is 7.92. The van der Waals surface area contributed by atoms with Gasteiger partial charge in [0.1, 0.15) is 0 Å². The number of benzene rings is 3. The van der Waals surface area contributed by atoms with Crippen LogP contribution in [0, 0.1) is 0 Å². The van der Waals surface area contributed by atoms with Gasteiger partial charge < -0.3 is 15.0 Å². The first kappa shape index (κ1) is 29.3. The first-order valence-electron chi connectivity index (χ1n) is 13.6. The topological polar surface area (TPSA) is 58.6 Å². The number of amides is 1. The zero-order valence-corrected chi connectivity index (χ0v) is 22.8. The van der Waals surface area contributed by atoms with E-state index in [-0.39, 0.29) is 23.3 Å². The van der Waals surface area contributed by atoms with Crippen molar-refractivity contribution in [2.45, 2.75) is 50.2 Å². The van der Waals surface area contributed by atoms with Crippen LogP contribution in [0.1, 0.15) is 54.1 Å². The molecule has 212 valence electrons. The van der Waals surface area contributed by atoms with Crippen LogP contribution in [-0.2, 0) is 21.1 Å². The monoisotopic (exact) mass is 552 g/mol. The molecule has 1 amide bonds. The smallest absolute Gasteiger partial charge is 0.416 e. The zero-order chi connectivity index (χ0) is 28.8. The Morgan fingerprint density at radius 1 is 0.900 bits per heavy atom. The molecule has 1 aliphatic rings. The summed E-state index contributed by atoms with van der Waals surface area (Å²) in [6.45, 7) is 4.33. The van der Waals surface area contributed by atoms with Crippen LogP contribution < -0.4 is 5.32 Å². The maximum Gasteiger partial charge on any atom is 0.416 e. The molecular weight excluding hydrogens is 517 g/mol. The van der Waals surface area contributed by atoms with E-state index in [4.69, 9.17) is 4.74 Å². The van der Waals surface area contributed by atoms with Gasteiger partial charge in [-0.25, -0.2) is 0 Å². The number of nitrogens with one attached hydrogen (secondary N) is 1. The molecule has 0 spiro atoms. The highest BCUT2D eigenvalue weighted by atomic mass is 19.4. The second-order valence-corrected chi connectivity index (χ2v) is 10.4. The van der Waals surface area contributed by atoms with Crippen molar-refractivity contribution >= 4 is 11.9 Å². The van der Waals surface area contributed by atoms with Gasteiger partial charge in [0.25, 0.3) is 5.91 Å². The number of nitrogens with zero attached hydrogens (tertiary/aromatic N) is 1. The van der Waals surface area contributed by atoms with Crippen LogP contribution in [0.4, 0.5) is 13.2 Å². The number of likely N-dealkylation sites (tertiary alicyclic amines) is 1. The Kier molecular flexibility index (Phi) is 9.30. The lowest BCUT2D eigenvalue weighted by atomic mass is 9.74. The predicted octanol–water partition coefficient (Wildman–Crippen LogP) is 6.48. The third kappa shape index (κ3) is 6.91. The molecule has 1 fully saturated rings. The number of rotatable bonds is 9. The van der Waals surface area contributed by atoms with E-state index in [1.807, 2.05) is 18.2 Å². The molecule has 1 heterocycles. The molecule has 1 N–H and O–H groups in total. The molecule has 1 saturated heterocycles. The number of piperidine rings is 1. The van der Waals surface area contributed by atoms with Crippen molar-refractivity contribution in [3.63, 3.8) is 0 Å². The standard InChI is InChI=1S/C32H35F3N2O3/c1-3-31(21-29(38)40-2,24-9-5-4-6-10-24)22-37-19-17-26(18-20-37)36-30(39)28-12-8-7-11-27(28)23-13-15-25(16-14-23)32(33,34)35/h4-16,26H,3,17-22H2,1-2H3,(H,36,39). The molecule has 1 aliphatic heterocycles. The number of methoxy groups -OCH3 is 1. The molecule has 0 aliphatic carbocycles. The third-order valence-corrected chi connectivity index (χ3v) is 7.92. The highest BCUT2D eigenvalue weighted by molar-refractivity contribution is 6.01. The Morgan fingerprint density at radius 3 is 2.12 bits per heavy atom. The fourth-order valence-corrected chi connectivity index (χ4v) is 5.53. The first-order valence-corrected chi connectivity index (χ1v) is 13.6. The summed E-state index contributed by atoms with van der Waals surface area (Å²) >= 11 is 0. The summed E-state index contributed by atoms with van der Waals surface area (Å²) in [6.07, 6.45) is -1.84. The number of esters is 1. The van der Waals surface area contributed by atoms with Crippen molar-refractivity contribution in [2.24, 2.45) is 0 Å². The van der Waals surface area contributed by atoms with Crippen molar-refractivity contribution in [3.05, 3.63) is 95.6 Å². The van der Waals surface area contributed by atoms with Crippen molar-refractivity contribution in [1.82, 2.24) is 10.2 Å². The molecule has 3 aromatic rings. The summed E-state index contributed by atoms with van der Waals surface area (Å²) < 4.78 is 44.0. The first-order chi connectivity index (χ1) is 19.1. The number of halogens is 3. The van der Waals surface area contributed by atoms with Gasteiger partial charge >= 0.3 is 12.1 Å². The Hall–Kier alpha value is -3.65. The van der Waals surface area contributed by atoms with Gasteiger partial charge in [-0.05, 0) is 54.2 Å². The largest absolute Gasteiger partial charge is 0.469 e. The molecule has 1 unspecified atom stereocenters. The predicted molar refractivity (Wildman–Crippen MR) is 149 cm³/mol. The molecule has 5 nitrogen and oxygen atoms in total. The normalized spacial score (nSPS) is 16.2. The summed E-state index contributed by atoms with van der Waals surface area (Å²) in [5.41, 5.74) is 1.58. The fourth-order valence-electron chi connectivity index (χ4n) is 5.53. The molecule has 40 heavy (non-hydrogen) atoms. The van der Waals surface area contributed by atoms with Gasteiger partial charge in [-0.3, -0.25) is 9.59 Å². The van der Waals surface area contributed by atoms with E-state index in [0.29, 0.717) is 29.7 Å². The molecule has 4 rings (SSSR count). The summed E-state index contributed by atoms with van der Waals surface area (Å²) in [6, 6.07) is 21.9. The summed E-state index contributed by atoms with van der Waals surface area (Å²) in [5, 5.41) is 3.13. The SMILES string of the molecule is CCC(CC(=O)OC)(CN1CCC(NC(=O)c2ccccc2-c2ccc(C(F)(F)F)cc2)CC1)c1ccccc1. The van der Waals surface area contributed by atoms with Gasteiger partial charge in [-0.1, -0.05) is 67.6 Å². The number of carbonyl (C=O) groups excluding carboxylic acids is 2. The van der Waals surface area contributed by atoms with E-state index in [0.717, 1.165) is 50.0 Å². The van der Waals surface area contributed by atoms with Gasteiger partial charge in [0.15, 0.2) is 0 Å². The molecule has 0 bridgehead atoms. The van der Waals surface area contributed by atoms with Gasteiger partial charge in [-0.15, -0.1) is 0 Å². The number of carbonyl (C=O) groups is 2. The van der Waals surface area contributed by atoms with Crippen molar-refractivity contribution in [1.29, 1.82) is 0 Å². The zero-order valence-electron chi connectivity index (χ0n) is 22.8. The Balaban J connectivity index is 1.42. The van der Waals surface area contributed by atoms with E-state index in [9.17, 15) is 22.8 Å². The van der Waals surface area contributed by atoms with Crippen LogP contribution >= 0.6 is 0 Å². The van der Waals surface area contributed by atoms with Crippen LogP contribution in [0.15, 0.2) is 78.9 Å². The minimum absolute atomic E-state index is 0.0298. The van der Waals surface area contributed by atoms with Crippen molar-refractivity contribution < 1.29 is 27.5 Å². The van der Waals surface area contributed by atoms with Gasteiger partial charge in [0.2, 0.25) is 0 Å². The second-order valence-electron chi connectivity index (χ2n) is 10.4. The van der Waals surface area contributed by atoms with Gasteiger partial charge in [0.05, 0.1) is 19.1 Å². The minimum Gasteiger partial charge on any atom is -0.469 e. The highest BCUT2D eigenvalue weighted by Crippen LogP contribution is 2.35. The van der Waals surface area contributed by atoms with Crippen LogP contribution in [-0.4, -0.2) is 49.6 Å². The summed E-state index contributed by atoms with van der Waals surface area (Å²) in [4.78, 5) is 28.0. The summed E-state index contributed by atoms with van der Waals surface area (Å²) in [7, 11) is 1.41. The average Bonchev–Trinajstić information content (AvgIpc) is 2.97.